The smallest absolute Gasteiger partial charge is 0.220 e. The number of nitrogens with zero attached hydrogens (tertiary/aromatic N) is 1. The van der Waals surface area contributed by atoms with E-state index in [-0.39, 0.29) is 17.8 Å². The molecule has 0 aliphatic carbocycles. The van der Waals surface area contributed by atoms with Crippen molar-refractivity contribution in [3.63, 3.8) is 0 Å². The number of hydrogen-bond acceptors (Lipinski definition) is 4. The molecule has 2 aromatic carbocycles. The third-order valence-corrected chi connectivity index (χ3v) is 4.23. The number of likely N-dealkylation sites (N-methyl/N-ethyl adjacent to an activating group) is 1. The standard InChI is InChI=1S/C21H27FN2O3/c1-24(2)20(16-6-4-7-17(22)14-16)15-23-21(25)8-5-13-27-19-11-9-18(26-3)10-12-19/h4,6-7,9-12,14,20H,5,8,13,15H2,1-3H3,(H,23,25). The maximum Gasteiger partial charge on any atom is 0.220 e. The van der Waals surface area contributed by atoms with Crippen molar-refractivity contribution in [3.8, 4) is 11.5 Å². The molecule has 0 saturated heterocycles. The van der Waals surface area contributed by atoms with Crippen LogP contribution in [0.4, 0.5) is 4.39 Å². The van der Waals surface area contributed by atoms with E-state index >= 15 is 0 Å². The summed E-state index contributed by atoms with van der Waals surface area (Å²) >= 11 is 0. The number of carbonyl (C=O) groups excluding carboxylic acids is 1. The summed E-state index contributed by atoms with van der Waals surface area (Å²) < 4.78 is 24.2. The molecule has 0 spiro atoms. The Hall–Kier alpha value is -2.60. The van der Waals surface area contributed by atoms with Gasteiger partial charge in [-0.1, -0.05) is 12.1 Å². The van der Waals surface area contributed by atoms with Crippen LogP contribution in [0.5, 0.6) is 11.5 Å². The molecule has 0 fully saturated rings. The Morgan fingerprint density at radius 1 is 1.15 bits per heavy atom. The van der Waals surface area contributed by atoms with Crippen LogP contribution in [0, 0.1) is 5.82 Å². The predicted octanol–water partition coefficient (Wildman–Crippen LogP) is 3.41. The fourth-order valence-electron chi connectivity index (χ4n) is 2.71. The topological polar surface area (TPSA) is 50.8 Å². The van der Waals surface area contributed by atoms with E-state index < -0.39 is 0 Å². The molecule has 0 saturated carbocycles. The van der Waals surface area contributed by atoms with Crippen molar-refractivity contribution in [3.05, 3.63) is 59.9 Å². The van der Waals surface area contributed by atoms with Crippen LogP contribution in [0.1, 0.15) is 24.4 Å². The second-order valence-electron chi connectivity index (χ2n) is 6.47. The molecule has 27 heavy (non-hydrogen) atoms. The summed E-state index contributed by atoms with van der Waals surface area (Å²) in [5, 5.41) is 2.92. The molecule has 6 heteroatoms. The molecular weight excluding hydrogens is 347 g/mol. The number of carbonyl (C=O) groups is 1. The van der Waals surface area contributed by atoms with E-state index in [4.69, 9.17) is 9.47 Å². The molecule has 0 aromatic heterocycles. The third kappa shape index (κ3) is 6.90. The van der Waals surface area contributed by atoms with Gasteiger partial charge in [-0.05, 0) is 62.5 Å². The summed E-state index contributed by atoms with van der Waals surface area (Å²) in [5.74, 6) is 1.20. The minimum atomic E-state index is -0.277. The lowest BCUT2D eigenvalue weighted by atomic mass is 10.1. The van der Waals surface area contributed by atoms with Gasteiger partial charge < -0.3 is 19.7 Å². The molecule has 0 heterocycles. The highest BCUT2D eigenvalue weighted by molar-refractivity contribution is 5.75. The van der Waals surface area contributed by atoms with Crippen LogP contribution < -0.4 is 14.8 Å². The second-order valence-corrected chi connectivity index (χ2v) is 6.47. The van der Waals surface area contributed by atoms with E-state index in [2.05, 4.69) is 5.32 Å². The number of rotatable bonds is 10. The Labute approximate surface area is 160 Å². The molecule has 2 aromatic rings. The molecule has 0 aliphatic rings. The van der Waals surface area contributed by atoms with Gasteiger partial charge in [0.25, 0.3) is 0 Å². The molecule has 146 valence electrons. The fourth-order valence-corrected chi connectivity index (χ4v) is 2.71. The zero-order valence-electron chi connectivity index (χ0n) is 16.1. The number of ether oxygens (including phenoxy) is 2. The molecule has 0 aliphatic heterocycles. The Bertz CT molecular complexity index is 720. The van der Waals surface area contributed by atoms with Crippen molar-refractivity contribution in [1.82, 2.24) is 10.2 Å². The summed E-state index contributed by atoms with van der Waals surface area (Å²) in [7, 11) is 5.43. The van der Waals surface area contributed by atoms with Gasteiger partial charge in [-0.15, -0.1) is 0 Å². The quantitative estimate of drug-likeness (QED) is 0.648. The first-order valence-electron chi connectivity index (χ1n) is 8.95. The lowest BCUT2D eigenvalue weighted by Gasteiger charge is -2.25. The summed E-state index contributed by atoms with van der Waals surface area (Å²) in [4.78, 5) is 14.0. The van der Waals surface area contributed by atoms with E-state index in [1.165, 1.54) is 12.1 Å². The van der Waals surface area contributed by atoms with Crippen LogP contribution in [-0.2, 0) is 4.79 Å². The van der Waals surface area contributed by atoms with E-state index in [0.29, 0.717) is 26.0 Å². The monoisotopic (exact) mass is 374 g/mol. The molecule has 2 rings (SSSR count). The van der Waals surface area contributed by atoms with Crippen LogP contribution in [-0.4, -0.2) is 45.2 Å². The number of halogens is 1. The Morgan fingerprint density at radius 2 is 1.85 bits per heavy atom. The van der Waals surface area contributed by atoms with Gasteiger partial charge in [-0.2, -0.15) is 0 Å². The first kappa shape index (κ1) is 20.7. The number of hydrogen-bond donors (Lipinski definition) is 1. The van der Waals surface area contributed by atoms with Crippen LogP contribution in [0.15, 0.2) is 48.5 Å². The number of benzene rings is 2. The Balaban J connectivity index is 1.72. The van der Waals surface area contributed by atoms with Crippen molar-refractivity contribution in [1.29, 1.82) is 0 Å². The number of methoxy groups -OCH3 is 1. The number of amides is 1. The highest BCUT2D eigenvalue weighted by Crippen LogP contribution is 2.19. The second kappa shape index (κ2) is 10.5. The lowest BCUT2D eigenvalue weighted by Crippen LogP contribution is -2.34. The minimum absolute atomic E-state index is 0.0448. The highest BCUT2D eigenvalue weighted by atomic mass is 19.1. The van der Waals surface area contributed by atoms with Crippen molar-refractivity contribution in [2.24, 2.45) is 0 Å². The predicted molar refractivity (Wildman–Crippen MR) is 104 cm³/mol. The summed E-state index contributed by atoms with van der Waals surface area (Å²) in [6.07, 6.45) is 0.990. The Kier molecular flexibility index (Phi) is 8.07. The first-order valence-corrected chi connectivity index (χ1v) is 8.95. The van der Waals surface area contributed by atoms with Crippen molar-refractivity contribution >= 4 is 5.91 Å². The molecule has 1 N–H and O–H groups in total. The normalized spacial score (nSPS) is 11.9. The maximum absolute atomic E-state index is 13.5. The van der Waals surface area contributed by atoms with Gasteiger partial charge in [0.2, 0.25) is 5.91 Å². The first-order chi connectivity index (χ1) is 13.0. The largest absolute Gasteiger partial charge is 0.497 e. The zero-order chi connectivity index (χ0) is 19.6. The van der Waals surface area contributed by atoms with Crippen LogP contribution in [0.25, 0.3) is 0 Å². The average molecular weight is 374 g/mol. The van der Waals surface area contributed by atoms with Crippen molar-refractivity contribution in [2.75, 3.05) is 34.4 Å². The van der Waals surface area contributed by atoms with Crippen LogP contribution in [0.3, 0.4) is 0 Å². The van der Waals surface area contributed by atoms with E-state index in [1.807, 2.05) is 49.3 Å². The molecule has 5 nitrogen and oxygen atoms in total. The molecule has 0 radical (unpaired) electrons. The van der Waals surface area contributed by atoms with Gasteiger partial charge in [0.1, 0.15) is 17.3 Å². The maximum atomic E-state index is 13.5. The minimum Gasteiger partial charge on any atom is -0.497 e. The van der Waals surface area contributed by atoms with Gasteiger partial charge in [0.15, 0.2) is 0 Å². The average Bonchev–Trinajstić information content (AvgIpc) is 2.65. The van der Waals surface area contributed by atoms with E-state index in [9.17, 15) is 9.18 Å². The van der Waals surface area contributed by atoms with E-state index in [0.717, 1.165) is 17.1 Å². The van der Waals surface area contributed by atoms with Gasteiger partial charge in [-0.25, -0.2) is 4.39 Å². The van der Waals surface area contributed by atoms with Gasteiger partial charge >= 0.3 is 0 Å². The third-order valence-electron chi connectivity index (χ3n) is 4.23. The number of nitrogens with one attached hydrogen (secondary N) is 1. The van der Waals surface area contributed by atoms with Crippen LogP contribution in [0.2, 0.25) is 0 Å². The highest BCUT2D eigenvalue weighted by Gasteiger charge is 2.15. The fraction of sp³-hybridized carbons (Fsp3) is 0.381. The summed E-state index contributed by atoms with van der Waals surface area (Å²) in [6.45, 7) is 0.884. The van der Waals surface area contributed by atoms with E-state index in [1.54, 1.807) is 13.2 Å². The van der Waals surface area contributed by atoms with Crippen LogP contribution >= 0.6 is 0 Å². The van der Waals surface area contributed by atoms with Gasteiger partial charge in [0.05, 0.1) is 19.8 Å². The van der Waals surface area contributed by atoms with Crippen molar-refractivity contribution in [2.45, 2.75) is 18.9 Å². The molecule has 1 atom stereocenters. The van der Waals surface area contributed by atoms with Gasteiger partial charge in [0, 0.05) is 13.0 Å². The lowest BCUT2D eigenvalue weighted by molar-refractivity contribution is -0.121. The van der Waals surface area contributed by atoms with Crippen molar-refractivity contribution < 1.29 is 18.7 Å². The van der Waals surface area contributed by atoms with Gasteiger partial charge in [-0.3, -0.25) is 4.79 Å². The Morgan fingerprint density at radius 3 is 2.48 bits per heavy atom. The summed E-state index contributed by atoms with van der Waals surface area (Å²) in [6, 6.07) is 13.7. The summed E-state index contributed by atoms with van der Waals surface area (Å²) in [5.41, 5.74) is 0.836. The molecule has 1 amide bonds. The molecule has 0 bridgehead atoms. The zero-order valence-corrected chi connectivity index (χ0v) is 16.1. The molecule has 1 unspecified atom stereocenters. The SMILES string of the molecule is COc1ccc(OCCCC(=O)NCC(c2cccc(F)c2)N(C)C)cc1. The molecular formula is C21H27FN2O3.